The summed E-state index contributed by atoms with van der Waals surface area (Å²) in [7, 11) is 0. The van der Waals surface area contributed by atoms with Crippen LogP contribution in [-0.2, 0) is 4.74 Å². The Balaban J connectivity index is 2.70. The molecule has 0 spiro atoms. The van der Waals surface area contributed by atoms with Gasteiger partial charge in [0.25, 0.3) is 0 Å². The molecule has 0 aromatic heterocycles. The second-order valence-electron chi connectivity index (χ2n) is 4.69. The molecule has 17 heavy (non-hydrogen) atoms. The Labute approximate surface area is 102 Å². The van der Waals surface area contributed by atoms with Crippen LogP contribution in [0.5, 0.6) is 0 Å². The molecule has 4 nitrogen and oxygen atoms in total. The van der Waals surface area contributed by atoms with Crippen molar-refractivity contribution in [1.29, 1.82) is 0 Å². The number of anilines is 2. The summed E-state index contributed by atoms with van der Waals surface area (Å²) in [6.45, 7) is 6.05. The van der Waals surface area contributed by atoms with E-state index in [2.05, 4.69) is 13.8 Å². The summed E-state index contributed by atoms with van der Waals surface area (Å²) >= 11 is 0. The monoisotopic (exact) mass is 236 g/mol. The normalized spacial score (nSPS) is 12.5. The van der Waals surface area contributed by atoms with Crippen molar-refractivity contribution in [2.75, 3.05) is 11.5 Å². The average Bonchev–Trinajstić information content (AvgIpc) is 2.15. The standard InChI is InChI=1S/C13H20N2O2/c1-8(2)6-9(3)17-13(16)11-5-4-10(14)7-12(11)15/h4-5,7-9H,6,14-15H2,1-3H3. The number of rotatable bonds is 4. The molecule has 0 saturated heterocycles. The number of benzene rings is 1. The molecular weight excluding hydrogens is 216 g/mol. The molecule has 0 aliphatic rings. The van der Waals surface area contributed by atoms with Crippen molar-refractivity contribution in [3.63, 3.8) is 0 Å². The molecule has 0 fully saturated rings. The summed E-state index contributed by atoms with van der Waals surface area (Å²) in [5.41, 5.74) is 12.5. The van der Waals surface area contributed by atoms with Crippen LogP contribution in [-0.4, -0.2) is 12.1 Å². The van der Waals surface area contributed by atoms with Gasteiger partial charge in [0.05, 0.1) is 11.7 Å². The second-order valence-corrected chi connectivity index (χ2v) is 4.69. The molecule has 4 N–H and O–H groups in total. The van der Waals surface area contributed by atoms with Gasteiger partial charge in [-0.2, -0.15) is 0 Å². The molecule has 4 heteroatoms. The first-order chi connectivity index (χ1) is 7.90. The molecule has 1 atom stereocenters. The SMILES string of the molecule is CC(C)CC(C)OC(=O)c1ccc(N)cc1N. The van der Waals surface area contributed by atoms with E-state index in [-0.39, 0.29) is 6.10 Å². The fraction of sp³-hybridized carbons (Fsp3) is 0.462. The number of esters is 1. The van der Waals surface area contributed by atoms with Gasteiger partial charge >= 0.3 is 5.97 Å². The van der Waals surface area contributed by atoms with Crippen LogP contribution in [0, 0.1) is 5.92 Å². The summed E-state index contributed by atoms with van der Waals surface area (Å²) in [6.07, 6.45) is 0.722. The third-order valence-corrected chi connectivity index (χ3v) is 2.41. The van der Waals surface area contributed by atoms with E-state index in [0.29, 0.717) is 22.9 Å². The number of hydrogen-bond acceptors (Lipinski definition) is 4. The van der Waals surface area contributed by atoms with Crippen LogP contribution >= 0.6 is 0 Å². The minimum atomic E-state index is -0.393. The Bertz CT molecular complexity index is 402. The zero-order valence-corrected chi connectivity index (χ0v) is 10.6. The van der Waals surface area contributed by atoms with Gasteiger partial charge in [0.15, 0.2) is 0 Å². The lowest BCUT2D eigenvalue weighted by atomic mass is 10.1. The van der Waals surface area contributed by atoms with E-state index in [1.54, 1.807) is 18.2 Å². The number of hydrogen-bond donors (Lipinski definition) is 2. The van der Waals surface area contributed by atoms with Crippen LogP contribution in [0.25, 0.3) is 0 Å². The van der Waals surface area contributed by atoms with Crippen LogP contribution in [0.2, 0.25) is 0 Å². The summed E-state index contributed by atoms with van der Waals surface area (Å²) in [4.78, 5) is 11.8. The van der Waals surface area contributed by atoms with E-state index in [1.807, 2.05) is 6.92 Å². The van der Waals surface area contributed by atoms with Gasteiger partial charge in [-0.05, 0) is 37.5 Å². The van der Waals surface area contributed by atoms with Crippen molar-refractivity contribution >= 4 is 17.3 Å². The van der Waals surface area contributed by atoms with Gasteiger partial charge in [-0.1, -0.05) is 13.8 Å². The van der Waals surface area contributed by atoms with Gasteiger partial charge in [0.1, 0.15) is 0 Å². The van der Waals surface area contributed by atoms with Gasteiger partial charge < -0.3 is 16.2 Å². The van der Waals surface area contributed by atoms with Gasteiger partial charge in [-0.3, -0.25) is 0 Å². The highest BCUT2D eigenvalue weighted by molar-refractivity contribution is 5.95. The van der Waals surface area contributed by atoms with Crippen LogP contribution in [0.15, 0.2) is 18.2 Å². The van der Waals surface area contributed by atoms with Crippen LogP contribution < -0.4 is 11.5 Å². The van der Waals surface area contributed by atoms with Gasteiger partial charge in [0.2, 0.25) is 0 Å². The minimum Gasteiger partial charge on any atom is -0.459 e. The maximum Gasteiger partial charge on any atom is 0.340 e. The highest BCUT2D eigenvalue weighted by atomic mass is 16.5. The van der Waals surface area contributed by atoms with Gasteiger partial charge in [-0.15, -0.1) is 0 Å². The lowest BCUT2D eigenvalue weighted by Gasteiger charge is -2.15. The Hall–Kier alpha value is -1.71. The van der Waals surface area contributed by atoms with E-state index in [9.17, 15) is 4.79 Å². The molecule has 1 aromatic rings. The van der Waals surface area contributed by atoms with Crippen molar-refractivity contribution in [3.05, 3.63) is 23.8 Å². The van der Waals surface area contributed by atoms with Crippen LogP contribution in [0.1, 0.15) is 37.6 Å². The van der Waals surface area contributed by atoms with Crippen molar-refractivity contribution in [2.45, 2.75) is 33.3 Å². The predicted molar refractivity (Wildman–Crippen MR) is 69.6 cm³/mol. The summed E-state index contributed by atoms with van der Waals surface area (Å²) in [6, 6.07) is 4.79. The van der Waals surface area contributed by atoms with Crippen molar-refractivity contribution in [1.82, 2.24) is 0 Å². The zero-order chi connectivity index (χ0) is 13.0. The van der Waals surface area contributed by atoms with E-state index in [4.69, 9.17) is 16.2 Å². The average molecular weight is 236 g/mol. The number of nitrogen functional groups attached to an aromatic ring is 2. The fourth-order valence-electron chi connectivity index (χ4n) is 1.73. The van der Waals surface area contributed by atoms with Crippen molar-refractivity contribution < 1.29 is 9.53 Å². The van der Waals surface area contributed by atoms with Crippen molar-refractivity contribution in [2.24, 2.45) is 5.92 Å². The fourth-order valence-corrected chi connectivity index (χ4v) is 1.73. The minimum absolute atomic E-state index is 0.112. The maximum absolute atomic E-state index is 11.8. The molecule has 0 saturated carbocycles. The molecule has 94 valence electrons. The lowest BCUT2D eigenvalue weighted by Crippen LogP contribution is -2.18. The topological polar surface area (TPSA) is 78.3 Å². The Morgan fingerprint density at radius 3 is 2.47 bits per heavy atom. The quantitative estimate of drug-likeness (QED) is 0.621. The van der Waals surface area contributed by atoms with E-state index in [1.165, 1.54) is 0 Å². The number of carbonyl (C=O) groups is 1. The van der Waals surface area contributed by atoms with E-state index >= 15 is 0 Å². The Morgan fingerprint density at radius 2 is 1.94 bits per heavy atom. The van der Waals surface area contributed by atoms with Crippen LogP contribution in [0.4, 0.5) is 11.4 Å². The molecule has 1 unspecified atom stereocenters. The number of ether oxygens (including phenoxy) is 1. The van der Waals surface area contributed by atoms with Gasteiger partial charge in [-0.25, -0.2) is 4.79 Å². The summed E-state index contributed by atoms with van der Waals surface area (Å²) < 4.78 is 5.31. The molecule has 1 aromatic carbocycles. The van der Waals surface area contributed by atoms with Gasteiger partial charge in [0, 0.05) is 11.4 Å². The largest absolute Gasteiger partial charge is 0.459 e. The molecule has 0 aliphatic carbocycles. The number of nitrogens with two attached hydrogens (primary N) is 2. The van der Waals surface area contributed by atoms with E-state index < -0.39 is 5.97 Å². The summed E-state index contributed by atoms with van der Waals surface area (Å²) in [5.74, 6) is 0.0946. The molecule has 1 rings (SSSR count). The Morgan fingerprint density at radius 1 is 1.29 bits per heavy atom. The molecule has 0 bridgehead atoms. The highest BCUT2D eigenvalue weighted by Gasteiger charge is 2.15. The predicted octanol–water partition coefficient (Wildman–Crippen LogP) is 2.44. The smallest absolute Gasteiger partial charge is 0.340 e. The Kier molecular flexibility index (Phi) is 4.37. The van der Waals surface area contributed by atoms with E-state index in [0.717, 1.165) is 6.42 Å². The van der Waals surface area contributed by atoms with Crippen molar-refractivity contribution in [3.8, 4) is 0 Å². The number of carbonyl (C=O) groups excluding carboxylic acids is 1. The second kappa shape index (κ2) is 5.57. The summed E-state index contributed by atoms with van der Waals surface area (Å²) in [5, 5.41) is 0. The third kappa shape index (κ3) is 3.98. The highest BCUT2D eigenvalue weighted by Crippen LogP contribution is 2.18. The molecular formula is C13H20N2O2. The van der Waals surface area contributed by atoms with Crippen LogP contribution in [0.3, 0.4) is 0 Å². The molecule has 0 heterocycles. The molecule has 0 radical (unpaired) electrons. The molecule has 0 aliphatic heterocycles. The maximum atomic E-state index is 11.8. The molecule has 0 amide bonds. The third-order valence-electron chi connectivity index (χ3n) is 2.41. The first-order valence-corrected chi connectivity index (χ1v) is 5.76. The first-order valence-electron chi connectivity index (χ1n) is 5.76. The zero-order valence-electron chi connectivity index (χ0n) is 10.6. The first kappa shape index (κ1) is 13.4. The lowest BCUT2D eigenvalue weighted by molar-refractivity contribution is 0.0301.